The number of guanidine groups is 1. The predicted octanol–water partition coefficient (Wildman–Crippen LogP) is 4.44. The highest BCUT2D eigenvalue weighted by Crippen LogP contribution is 2.29. The number of rotatable bonds is 9. The van der Waals surface area contributed by atoms with Crippen LogP contribution in [-0.2, 0) is 0 Å². The van der Waals surface area contributed by atoms with Gasteiger partial charge < -0.3 is 25.4 Å². The molecule has 29 heavy (non-hydrogen) atoms. The van der Waals surface area contributed by atoms with Crippen molar-refractivity contribution in [2.24, 2.45) is 10.7 Å². The van der Waals surface area contributed by atoms with E-state index in [1.54, 1.807) is 0 Å². The smallest absolute Gasteiger partial charge is 0.193 e. The number of halogens is 1. The summed E-state index contributed by atoms with van der Waals surface area (Å²) in [6, 6.07) is 14.3. The number of anilines is 1. The Balaban J connectivity index is 0.00000420. The molecule has 2 rings (SSSR count). The number of nitrogens with one attached hydrogen (secondary N) is 1. The molecule has 160 valence electrons. The molecule has 2 aromatic rings. The number of hydrogen-bond acceptors (Lipinski definition) is 4. The molecule has 1 unspecified atom stereocenters. The summed E-state index contributed by atoms with van der Waals surface area (Å²) in [5, 5.41) is 3.15. The fourth-order valence-corrected chi connectivity index (χ4v) is 2.86. The summed E-state index contributed by atoms with van der Waals surface area (Å²) in [4.78, 5) is 6.70. The monoisotopic (exact) mass is 512 g/mol. The first kappa shape index (κ1) is 25.0. The maximum absolute atomic E-state index is 6.17. The van der Waals surface area contributed by atoms with Crippen molar-refractivity contribution in [2.45, 2.75) is 26.8 Å². The number of ether oxygens (including phenoxy) is 2. The average Bonchev–Trinajstić information content (AvgIpc) is 2.65. The Labute approximate surface area is 191 Å². The third-order valence-corrected chi connectivity index (χ3v) is 4.34. The summed E-state index contributed by atoms with van der Waals surface area (Å²) >= 11 is 0. The molecule has 7 heteroatoms. The second kappa shape index (κ2) is 12.5. The zero-order valence-corrected chi connectivity index (χ0v) is 20.3. The van der Waals surface area contributed by atoms with E-state index in [2.05, 4.69) is 46.4 Å². The van der Waals surface area contributed by atoms with Crippen LogP contribution in [0.25, 0.3) is 0 Å². The van der Waals surface area contributed by atoms with E-state index in [9.17, 15) is 0 Å². The van der Waals surface area contributed by atoms with Gasteiger partial charge in [0.1, 0.15) is 11.5 Å². The highest BCUT2D eigenvalue weighted by Gasteiger charge is 2.14. The summed E-state index contributed by atoms with van der Waals surface area (Å²) in [5.74, 6) is 1.81. The normalized spacial score (nSPS) is 12.3. The van der Waals surface area contributed by atoms with Gasteiger partial charge in [-0.05, 0) is 52.6 Å². The van der Waals surface area contributed by atoms with E-state index in [1.165, 1.54) is 11.1 Å². The number of nitrogens with two attached hydrogens (primary N) is 1. The summed E-state index contributed by atoms with van der Waals surface area (Å²) < 4.78 is 11.3. The lowest BCUT2D eigenvalue weighted by Crippen LogP contribution is -2.27. The lowest BCUT2D eigenvalue weighted by Gasteiger charge is -2.23. The van der Waals surface area contributed by atoms with Crippen LogP contribution in [0.2, 0.25) is 0 Å². The Bertz CT molecular complexity index is 779. The Morgan fingerprint density at radius 3 is 2.31 bits per heavy atom. The van der Waals surface area contributed by atoms with Crippen LogP contribution in [-0.4, -0.2) is 44.7 Å². The van der Waals surface area contributed by atoms with E-state index < -0.39 is 0 Å². The first-order valence-electron chi connectivity index (χ1n) is 9.64. The number of nitrogens with zero attached hydrogens (tertiary/aromatic N) is 2. The molecule has 6 nitrogen and oxygen atoms in total. The van der Waals surface area contributed by atoms with Crippen LogP contribution in [0, 0.1) is 6.92 Å². The van der Waals surface area contributed by atoms with Gasteiger partial charge in [0.2, 0.25) is 0 Å². The van der Waals surface area contributed by atoms with Crippen molar-refractivity contribution < 1.29 is 9.47 Å². The molecule has 0 radical (unpaired) electrons. The molecule has 0 aliphatic heterocycles. The minimum atomic E-state index is 0. The fourth-order valence-electron chi connectivity index (χ4n) is 2.86. The molecule has 0 amide bonds. The van der Waals surface area contributed by atoms with Crippen LogP contribution in [0.5, 0.6) is 11.5 Å². The van der Waals surface area contributed by atoms with Crippen LogP contribution >= 0.6 is 24.0 Å². The zero-order valence-electron chi connectivity index (χ0n) is 17.9. The van der Waals surface area contributed by atoms with E-state index in [1.807, 2.05) is 46.1 Å². The van der Waals surface area contributed by atoms with Crippen LogP contribution < -0.4 is 20.5 Å². The maximum atomic E-state index is 6.17. The first-order valence-corrected chi connectivity index (χ1v) is 9.64. The van der Waals surface area contributed by atoms with E-state index in [4.69, 9.17) is 15.2 Å². The molecule has 0 aromatic heterocycles. The molecule has 0 spiro atoms. The number of benzene rings is 2. The van der Waals surface area contributed by atoms with E-state index in [0.717, 1.165) is 11.4 Å². The average molecular weight is 512 g/mol. The molecular weight excluding hydrogens is 479 g/mol. The largest absolute Gasteiger partial charge is 0.494 e. The van der Waals surface area contributed by atoms with Crippen LogP contribution in [0.3, 0.4) is 0 Å². The minimum Gasteiger partial charge on any atom is -0.494 e. The molecular formula is C22H33IN4O2. The second-order valence-corrected chi connectivity index (χ2v) is 6.77. The van der Waals surface area contributed by atoms with Crippen molar-refractivity contribution in [2.75, 3.05) is 39.2 Å². The predicted molar refractivity (Wildman–Crippen MR) is 132 cm³/mol. The zero-order chi connectivity index (χ0) is 20.5. The van der Waals surface area contributed by atoms with Gasteiger partial charge in [0.15, 0.2) is 5.96 Å². The van der Waals surface area contributed by atoms with Crippen molar-refractivity contribution in [1.29, 1.82) is 0 Å². The SMILES string of the molecule is CCOc1ccc(OCC)c(NC(N)=NCC(c2ccc(C)cc2)N(C)C)c1.I. The Morgan fingerprint density at radius 1 is 1.07 bits per heavy atom. The molecule has 0 fully saturated rings. The van der Waals surface area contributed by atoms with Crippen molar-refractivity contribution in [3.8, 4) is 11.5 Å². The third kappa shape index (κ3) is 7.74. The van der Waals surface area contributed by atoms with Crippen molar-refractivity contribution >= 4 is 35.6 Å². The number of hydrogen-bond donors (Lipinski definition) is 2. The van der Waals surface area contributed by atoms with Gasteiger partial charge in [0.05, 0.1) is 31.5 Å². The molecule has 0 heterocycles. The molecule has 0 bridgehead atoms. The highest BCUT2D eigenvalue weighted by atomic mass is 127. The Kier molecular flexibility index (Phi) is 10.8. The maximum Gasteiger partial charge on any atom is 0.193 e. The third-order valence-electron chi connectivity index (χ3n) is 4.34. The number of likely N-dealkylation sites (N-methyl/N-ethyl adjacent to an activating group) is 1. The van der Waals surface area contributed by atoms with Crippen molar-refractivity contribution in [1.82, 2.24) is 4.90 Å². The molecule has 0 aliphatic carbocycles. The Hall–Kier alpha value is -2.00. The summed E-state index contributed by atoms with van der Waals surface area (Å²) in [5.41, 5.74) is 9.36. The van der Waals surface area contributed by atoms with E-state index >= 15 is 0 Å². The van der Waals surface area contributed by atoms with Crippen molar-refractivity contribution in [3.05, 3.63) is 53.6 Å². The van der Waals surface area contributed by atoms with E-state index in [-0.39, 0.29) is 30.0 Å². The Morgan fingerprint density at radius 2 is 1.72 bits per heavy atom. The lowest BCUT2D eigenvalue weighted by molar-refractivity contribution is 0.306. The fraction of sp³-hybridized carbons (Fsp3) is 0.409. The van der Waals surface area contributed by atoms with Crippen molar-refractivity contribution in [3.63, 3.8) is 0 Å². The van der Waals surface area contributed by atoms with Gasteiger partial charge in [0.25, 0.3) is 0 Å². The van der Waals surface area contributed by atoms with E-state index in [0.29, 0.717) is 31.5 Å². The lowest BCUT2D eigenvalue weighted by atomic mass is 10.0. The molecule has 0 saturated carbocycles. The van der Waals surface area contributed by atoms with Gasteiger partial charge in [-0.15, -0.1) is 24.0 Å². The van der Waals surface area contributed by atoms with Crippen LogP contribution in [0.1, 0.15) is 31.0 Å². The second-order valence-electron chi connectivity index (χ2n) is 6.77. The molecule has 0 saturated heterocycles. The molecule has 3 N–H and O–H groups in total. The first-order chi connectivity index (χ1) is 13.4. The number of aliphatic imine (C=N–C) groups is 1. The summed E-state index contributed by atoms with van der Waals surface area (Å²) in [7, 11) is 4.09. The quantitative estimate of drug-likeness (QED) is 0.295. The molecule has 1 atom stereocenters. The van der Waals surface area contributed by atoms with Gasteiger partial charge in [-0.25, -0.2) is 0 Å². The topological polar surface area (TPSA) is 72.1 Å². The number of aryl methyl sites for hydroxylation is 1. The van der Waals surface area contributed by atoms with Gasteiger partial charge in [0, 0.05) is 6.07 Å². The molecule has 2 aromatic carbocycles. The minimum absolute atomic E-state index is 0. The van der Waals surface area contributed by atoms with Gasteiger partial charge in [-0.2, -0.15) is 0 Å². The van der Waals surface area contributed by atoms with Gasteiger partial charge >= 0.3 is 0 Å². The summed E-state index contributed by atoms with van der Waals surface area (Å²) in [6.45, 7) is 7.69. The standard InChI is InChI=1S/C22H32N4O2.HI/c1-6-27-18-12-13-21(28-7-2)19(14-18)25-22(23)24-15-20(26(4)5)17-10-8-16(3)9-11-17;/h8-14,20H,6-7,15H2,1-5H3,(H3,23,24,25);1H. The molecule has 0 aliphatic rings. The van der Waals surface area contributed by atoms with Gasteiger partial charge in [-0.1, -0.05) is 29.8 Å². The van der Waals surface area contributed by atoms with Gasteiger partial charge in [-0.3, -0.25) is 4.99 Å². The summed E-state index contributed by atoms with van der Waals surface area (Å²) in [6.07, 6.45) is 0. The van der Waals surface area contributed by atoms with Crippen LogP contribution in [0.4, 0.5) is 5.69 Å². The van der Waals surface area contributed by atoms with Crippen LogP contribution in [0.15, 0.2) is 47.5 Å². The highest BCUT2D eigenvalue weighted by molar-refractivity contribution is 14.0.